The number of carbonyl (C=O) groups is 2. The molecule has 2 atom stereocenters. The molecule has 2 aliphatic rings. The lowest BCUT2D eigenvalue weighted by atomic mass is 9.81. The Hall–Kier alpha value is -2.02. The zero-order valence-electron chi connectivity index (χ0n) is 15.1. The molecule has 2 aliphatic heterocycles. The highest BCUT2D eigenvalue weighted by Crippen LogP contribution is 2.34. The van der Waals surface area contributed by atoms with Crippen molar-refractivity contribution in [3.05, 3.63) is 35.4 Å². The van der Waals surface area contributed by atoms with Crippen molar-refractivity contribution in [3.8, 4) is 0 Å². The van der Waals surface area contributed by atoms with Crippen molar-refractivity contribution in [3.63, 3.8) is 0 Å². The van der Waals surface area contributed by atoms with E-state index < -0.39 is 23.3 Å². The van der Waals surface area contributed by atoms with Gasteiger partial charge < -0.3 is 9.47 Å². The molecule has 1 aromatic rings. The summed E-state index contributed by atoms with van der Waals surface area (Å²) in [6.45, 7) is 6.07. The average Bonchev–Trinajstić information content (AvgIpc) is 2.54. The Labute approximate surface area is 151 Å². The largest absolute Gasteiger partial charge is 0.444 e. The highest BCUT2D eigenvalue weighted by atomic mass is 19.2. The third-order valence-electron chi connectivity index (χ3n) is 4.70. The number of nitrogens with zero attached hydrogens (tertiary/aromatic N) is 1. The summed E-state index contributed by atoms with van der Waals surface area (Å²) < 4.78 is 37.6. The van der Waals surface area contributed by atoms with E-state index in [1.54, 1.807) is 25.7 Å². The fourth-order valence-corrected chi connectivity index (χ4v) is 3.63. The number of hydrogen-bond acceptors (Lipinski definition) is 4. The third kappa shape index (κ3) is 3.87. The summed E-state index contributed by atoms with van der Waals surface area (Å²) in [5.74, 6) is -2.61. The summed E-state index contributed by atoms with van der Waals surface area (Å²) in [6.07, 6.45) is 0.413. The van der Waals surface area contributed by atoms with Crippen molar-refractivity contribution in [2.75, 3.05) is 13.2 Å². The van der Waals surface area contributed by atoms with E-state index in [0.29, 0.717) is 26.1 Å². The molecule has 2 bridgehead atoms. The summed E-state index contributed by atoms with van der Waals surface area (Å²) in [7, 11) is 0. The Bertz CT molecular complexity index is 702. The van der Waals surface area contributed by atoms with Gasteiger partial charge >= 0.3 is 6.09 Å². The second-order valence-electron chi connectivity index (χ2n) is 7.89. The van der Waals surface area contributed by atoms with Gasteiger partial charge in [-0.2, -0.15) is 0 Å². The smallest absolute Gasteiger partial charge is 0.410 e. The second kappa shape index (κ2) is 6.95. The van der Waals surface area contributed by atoms with Gasteiger partial charge in [0, 0.05) is 11.5 Å². The lowest BCUT2D eigenvalue weighted by Gasteiger charge is -2.47. The van der Waals surface area contributed by atoms with E-state index in [2.05, 4.69) is 0 Å². The Balaban J connectivity index is 1.75. The van der Waals surface area contributed by atoms with Crippen LogP contribution in [0.2, 0.25) is 0 Å². The zero-order chi connectivity index (χ0) is 19.1. The number of piperidine rings is 1. The topological polar surface area (TPSA) is 55.8 Å². The van der Waals surface area contributed by atoms with Crippen LogP contribution in [0.25, 0.3) is 0 Å². The fraction of sp³-hybridized carbons (Fsp3) is 0.579. The standard InChI is InChI=1S/C19H23F2NO4/c1-19(2,3)26-18(24)22-13-6-12(7-14(22)10-25-9-13)17(23)11-4-5-15(20)16(21)8-11/h4-5,8,12-14H,6-7,9-10H2,1-3H3. The Morgan fingerprint density at radius 3 is 2.27 bits per heavy atom. The first-order valence-electron chi connectivity index (χ1n) is 8.74. The maximum Gasteiger partial charge on any atom is 0.410 e. The van der Waals surface area contributed by atoms with E-state index in [0.717, 1.165) is 12.1 Å². The van der Waals surface area contributed by atoms with E-state index in [-0.39, 0.29) is 29.3 Å². The van der Waals surface area contributed by atoms with E-state index in [1.165, 1.54) is 6.07 Å². The predicted molar refractivity (Wildman–Crippen MR) is 89.9 cm³/mol. The summed E-state index contributed by atoms with van der Waals surface area (Å²) in [4.78, 5) is 26.9. The molecule has 1 amide bonds. The molecular weight excluding hydrogens is 344 g/mol. The molecule has 7 heteroatoms. The number of ether oxygens (including phenoxy) is 2. The van der Waals surface area contributed by atoms with Crippen molar-refractivity contribution in [2.24, 2.45) is 5.92 Å². The van der Waals surface area contributed by atoms with E-state index in [1.807, 2.05) is 0 Å². The summed E-state index contributed by atoms with van der Waals surface area (Å²) in [5, 5.41) is 0. The zero-order valence-corrected chi connectivity index (χ0v) is 15.1. The number of halogens is 2. The molecule has 0 saturated carbocycles. The molecule has 2 saturated heterocycles. The van der Waals surface area contributed by atoms with Crippen molar-refractivity contribution in [2.45, 2.75) is 51.3 Å². The van der Waals surface area contributed by atoms with E-state index in [4.69, 9.17) is 9.47 Å². The summed E-state index contributed by atoms with van der Waals surface area (Å²) >= 11 is 0. The van der Waals surface area contributed by atoms with Gasteiger partial charge in [0.15, 0.2) is 17.4 Å². The minimum Gasteiger partial charge on any atom is -0.444 e. The first kappa shape index (κ1) is 18.8. The minimum absolute atomic E-state index is 0.151. The highest BCUT2D eigenvalue weighted by molar-refractivity contribution is 5.98. The normalized spacial score (nSPS) is 25.7. The SMILES string of the molecule is CC(C)(C)OC(=O)N1C2COCC1CC(C(=O)c1ccc(F)c(F)c1)C2. The number of amides is 1. The van der Waals surface area contributed by atoms with Crippen molar-refractivity contribution >= 4 is 11.9 Å². The van der Waals surface area contributed by atoms with Crippen LogP contribution in [-0.4, -0.2) is 47.7 Å². The first-order valence-corrected chi connectivity index (χ1v) is 8.74. The number of morpholine rings is 1. The fourth-order valence-electron chi connectivity index (χ4n) is 3.63. The van der Waals surface area contributed by atoms with Crippen molar-refractivity contribution in [1.82, 2.24) is 4.90 Å². The Kier molecular flexibility index (Phi) is 5.01. The van der Waals surface area contributed by atoms with Gasteiger partial charge in [0.2, 0.25) is 0 Å². The Morgan fingerprint density at radius 2 is 1.73 bits per heavy atom. The molecule has 2 fully saturated rings. The molecular formula is C19H23F2NO4. The molecule has 0 aromatic heterocycles. The number of ketones is 1. The molecule has 3 rings (SSSR count). The van der Waals surface area contributed by atoms with Gasteiger partial charge in [-0.3, -0.25) is 9.69 Å². The monoisotopic (exact) mass is 367 g/mol. The van der Waals surface area contributed by atoms with Crippen LogP contribution in [-0.2, 0) is 9.47 Å². The number of Topliss-reactive ketones (excluding diaryl/α,β-unsaturated/α-hetero) is 1. The molecule has 0 radical (unpaired) electrons. The lowest BCUT2D eigenvalue weighted by molar-refractivity contribution is -0.0861. The van der Waals surface area contributed by atoms with Gasteiger partial charge in [-0.05, 0) is 51.8 Å². The van der Waals surface area contributed by atoms with Crippen molar-refractivity contribution in [1.29, 1.82) is 0 Å². The first-order chi connectivity index (χ1) is 12.2. The molecule has 0 spiro atoms. The average molecular weight is 367 g/mol. The van der Waals surface area contributed by atoms with Crippen LogP contribution in [0.4, 0.5) is 13.6 Å². The third-order valence-corrected chi connectivity index (χ3v) is 4.70. The van der Waals surface area contributed by atoms with Crippen LogP contribution in [0.3, 0.4) is 0 Å². The second-order valence-corrected chi connectivity index (χ2v) is 7.89. The van der Waals surface area contributed by atoms with Crippen LogP contribution in [0.5, 0.6) is 0 Å². The van der Waals surface area contributed by atoms with E-state index >= 15 is 0 Å². The number of hydrogen-bond donors (Lipinski definition) is 0. The number of benzene rings is 1. The van der Waals surface area contributed by atoms with Gasteiger partial charge in [-0.15, -0.1) is 0 Å². The quantitative estimate of drug-likeness (QED) is 0.750. The maximum absolute atomic E-state index is 13.4. The van der Waals surface area contributed by atoms with Gasteiger partial charge in [-0.1, -0.05) is 0 Å². The highest BCUT2D eigenvalue weighted by Gasteiger charge is 2.45. The van der Waals surface area contributed by atoms with Gasteiger partial charge in [0.25, 0.3) is 0 Å². The minimum atomic E-state index is -1.04. The van der Waals surface area contributed by atoms with Crippen LogP contribution >= 0.6 is 0 Å². The van der Waals surface area contributed by atoms with Gasteiger partial charge in [-0.25, -0.2) is 13.6 Å². The molecule has 142 valence electrons. The van der Waals surface area contributed by atoms with Crippen LogP contribution < -0.4 is 0 Å². The van der Waals surface area contributed by atoms with Gasteiger partial charge in [0.1, 0.15) is 5.60 Å². The maximum atomic E-state index is 13.4. The number of rotatable bonds is 2. The molecule has 0 aliphatic carbocycles. The van der Waals surface area contributed by atoms with Crippen LogP contribution in [0.15, 0.2) is 18.2 Å². The lowest BCUT2D eigenvalue weighted by Crippen LogP contribution is -2.60. The van der Waals surface area contributed by atoms with Crippen molar-refractivity contribution < 1.29 is 27.8 Å². The van der Waals surface area contributed by atoms with Crippen LogP contribution in [0.1, 0.15) is 44.0 Å². The Morgan fingerprint density at radius 1 is 1.12 bits per heavy atom. The van der Waals surface area contributed by atoms with Gasteiger partial charge in [0.05, 0.1) is 25.3 Å². The number of fused-ring (bicyclic) bond motifs is 2. The predicted octanol–water partition coefficient (Wildman–Crippen LogP) is 3.56. The summed E-state index contributed by atoms with van der Waals surface area (Å²) in [6, 6.07) is 2.66. The van der Waals surface area contributed by atoms with E-state index in [9.17, 15) is 18.4 Å². The molecule has 0 N–H and O–H groups in total. The van der Waals surface area contributed by atoms with Crippen LogP contribution in [0, 0.1) is 17.6 Å². The molecule has 2 heterocycles. The summed E-state index contributed by atoms with van der Waals surface area (Å²) in [5.41, 5.74) is -0.455. The molecule has 1 aromatic carbocycles. The molecule has 5 nitrogen and oxygen atoms in total. The molecule has 2 unspecified atom stereocenters. The molecule has 26 heavy (non-hydrogen) atoms. The number of carbonyl (C=O) groups excluding carboxylic acids is 2.